The highest BCUT2D eigenvalue weighted by Crippen LogP contribution is 2.28. The number of imidazole rings is 1. The van der Waals surface area contributed by atoms with Crippen molar-refractivity contribution in [1.29, 1.82) is 0 Å². The van der Waals surface area contributed by atoms with E-state index in [0.29, 0.717) is 11.3 Å². The summed E-state index contributed by atoms with van der Waals surface area (Å²) in [6.07, 6.45) is 9.10. The summed E-state index contributed by atoms with van der Waals surface area (Å²) in [5, 5.41) is 0. The fourth-order valence-electron chi connectivity index (χ4n) is 3.31. The maximum absolute atomic E-state index is 14.1. The van der Waals surface area contributed by atoms with Gasteiger partial charge in [-0.05, 0) is 48.0 Å². The van der Waals surface area contributed by atoms with Crippen LogP contribution >= 0.6 is 0 Å². The van der Waals surface area contributed by atoms with Crippen molar-refractivity contribution in [3.05, 3.63) is 97.5 Å². The number of fused-ring (bicyclic) bond motifs is 1. The summed E-state index contributed by atoms with van der Waals surface area (Å²) in [5.74, 6) is -0.286. The van der Waals surface area contributed by atoms with Crippen molar-refractivity contribution in [3.8, 4) is 33.6 Å². The van der Waals surface area contributed by atoms with Crippen LogP contribution in [0.3, 0.4) is 0 Å². The smallest absolute Gasteiger partial charge is 0.137 e. The second kappa shape index (κ2) is 6.70. The van der Waals surface area contributed by atoms with Crippen molar-refractivity contribution in [2.24, 2.45) is 0 Å². The van der Waals surface area contributed by atoms with Gasteiger partial charge in [-0.3, -0.25) is 14.4 Å². The van der Waals surface area contributed by atoms with E-state index >= 15 is 0 Å². The first kappa shape index (κ1) is 16.3. The first-order valence-electron chi connectivity index (χ1n) is 8.88. The molecule has 0 aliphatic carbocycles. The number of hydrogen-bond acceptors (Lipinski definition) is 3. The zero-order valence-electron chi connectivity index (χ0n) is 14.8. The number of benzene rings is 1. The molecule has 4 heterocycles. The summed E-state index contributed by atoms with van der Waals surface area (Å²) in [7, 11) is 0. The predicted octanol–water partition coefficient (Wildman–Crippen LogP) is 5.26. The first-order chi connectivity index (χ1) is 13.8. The quantitative estimate of drug-likeness (QED) is 0.437. The molecule has 0 bridgehead atoms. The average Bonchev–Trinajstić information content (AvgIpc) is 3.18. The Hall–Kier alpha value is -3.86. The van der Waals surface area contributed by atoms with Crippen LogP contribution in [0.1, 0.15) is 0 Å². The standard InChI is InChI=1S/C23H15FN4/c24-20-6-2-1-5-19(20)21-12-17(7-10-26-21)22-15-27-23-13-16(8-11-28(22)23)18-4-3-9-25-14-18/h1-15H. The van der Waals surface area contributed by atoms with Crippen LogP contribution in [0, 0.1) is 5.82 Å². The Bertz CT molecular complexity index is 1280. The molecule has 0 spiro atoms. The van der Waals surface area contributed by atoms with Gasteiger partial charge in [0.05, 0.1) is 17.6 Å². The monoisotopic (exact) mass is 366 g/mol. The number of nitrogens with zero attached hydrogens (tertiary/aromatic N) is 4. The van der Waals surface area contributed by atoms with Crippen LogP contribution in [-0.4, -0.2) is 19.4 Å². The van der Waals surface area contributed by atoms with Gasteiger partial charge in [-0.1, -0.05) is 18.2 Å². The zero-order valence-corrected chi connectivity index (χ0v) is 14.8. The lowest BCUT2D eigenvalue weighted by Crippen LogP contribution is -1.92. The Morgan fingerprint density at radius 1 is 0.750 bits per heavy atom. The Morgan fingerprint density at radius 2 is 1.68 bits per heavy atom. The van der Waals surface area contributed by atoms with Crippen LogP contribution in [0.25, 0.3) is 39.3 Å². The summed E-state index contributed by atoms with van der Waals surface area (Å²) < 4.78 is 16.2. The summed E-state index contributed by atoms with van der Waals surface area (Å²) in [5.41, 5.74) is 5.86. The molecular formula is C23H15FN4. The van der Waals surface area contributed by atoms with E-state index < -0.39 is 0 Å². The third kappa shape index (κ3) is 2.83. The molecule has 4 nitrogen and oxygen atoms in total. The molecule has 134 valence electrons. The molecule has 5 rings (SSSR count). The van der Waals surface area contributed by atoms with Crippen molar-refractivity contribution in [3.63, 3.8) is 0 Å². The van der Waals surface area contributed by atoms with E-state index in [9.17, 15) is 4.39 Å². The normalized spacial score (nSPS) is 11.0. The molecule has 0 unspecified atom stereocenters. The molecule has 0 aliphatic rings. The van der Waals surface area contributed by atoms with Gasteiger partial charge in [0.1, 0.15) is 11.5 Å². The molecule has 28 heavy (non-hydrogen) atoms. The highest BCUT2D eigenvalue weighted by Gasteiger charge is 2.11. The third-order valence-corrected chi connectivity index (χ3v) is 4.71. The maximum Gasteiger partial charge on any atom is 0.137 e. The molecule has 4 aromatic heterocycles. The lowest BCUT2D eigenvalue weighted by Gasteiger charge is -2.07. The van der Waals surface area contributed by atoms with Gasteiger partial charge in [0.25, 0.3) is 0 Å². The Balaban J connectivity index is 1.59. The highest BCUT2D eigenvalue weighted by molar-refractivity contribution is 5.73. The highest BCUT2D eigenvalue weighted by atomic mass is 19.1. The minimum Gasteiger partial charge on any atom is -0.300 e. The molecule has 0 amide bonds. The second-order valence-electron chi connectivity index (χ2n) is 6.44. The molecule has 0 N–H and O–H groups in total. The molecule has 5 heteroatoms. The van der Waals surface area contributed by atoms with Crippen LogP contribution in [0.4, 0.5) is 4.39 Å². The van der Waals surface area contributed by atoms with E-state index in [0.717, 1.165) is 28.0 Å². The van der Waals surface area contributed by atoms with Crippen LogP contribution in [0.5, 0.6) is 0 Å². The van der Waals surface area contributed by atoms with Gasteiger partial charge < -0.3 is 0 Å². The molecule has 0 saturated carbocycles. The van der Waals surface area contributed by atoms with Gasteiger partial charge in [-0.2, -0.15) is 0 Å². The van der Waals surface area contributed by atoms with Crippen molar-refractivity contribution in [2.75, 3.05) is 0 Å². The topological polar surface area (TPSA) is 43.1 Å². The Labute approximate surface area is 161 Å². The molecule has 0 atom stereocenters. The van der Waals surface area contributed by atoms with E-state index in [4.69, 9.17) is 0 Å². The minimum atomic E-state index is -0.286. The number of hydrogen-bond donors (Lipinski definition) is 0. The largest absolute Gasteiger partial charge is 0.300 e. The lowest BCUT2D eigenvalue weighted by atomic mass is 10.1. The van der Waals surface area contributed by atoms with Crippen molar-refractivity contribution < 1.29 is 4.39 Å². The van der Waals surface area contributed by atoms with Gasteiger partial charge in [0, 0.05) is 41.5 Å². The molecule has 0 saturated heterocycles. The third-order valence-electron chi connectivity index (χ3n) is 4.71. The van der Waals surface area contributed by atoms with Crippen LogP contribution in [0.15, 0.2) is 91.6 Å². The SMILES string of the molecule is Fc1ccccc1-c1cc(-c2cnc3cc(-c4cccnc4)ccn23)ccn1. The van der Waals surface area contributed by atoms with E-state index in [1.165, 1.54) is 6.07 Å². The van der Waals surface area contributed by atoms with E-state index in [1.54, 1.807) is 30.6 Å². The van der Waals surface area contributed by atoms with E-state index in [1.807, 2.05) is 59.4 Å². The second-order valence-corrected chi connectivity index (χ2v) is 6.44. The van der Waals surface area contributed by atoms with Crippen LogP contribution in [-0.2, 0) is 0 Å². The molecule has 5 aromatic rings. The average molecular weight is 366 g/mol. The van der Waals surface area contributed by atoms with E-state index in [2.05, 4.69) is 15.0 Å². The van der Waals surface area contributed by atoms with Gasteiger partial charge in [-0.25, -0.2) is 9.37 Å². The summed E-state index contributed by atoms with van der Waals surface area (Å²) in [4.78, 5) is 13.1. The zero-order chi connectivity index (χ0) is 18.9. The van der Waals surface area contributed by atoms with E-state index in [-0.39, 0.29) is 5.82 Å². The van der Waals surface area contributed by atoms with Gasteiger partial charge in [0.15, 0.2) is 0 Å². The maximum atomic E-state index is 14.1. The molecule has 0 fully saturated rings. The Kier molecular flexibility index (Phi) is 3.91. The molecule has 1 aromatic carbocycles. The Morgan fingerprint density at radius 3 is 2.54 bits per heavy atom. The fraction of sp³-hybridized carbons (Fsp3) is 0. The molecular weight excluding hydrogens is 351 g/mol. The fourth-order valence-corrected chi connectivity index (χ4v) is 3.31. The number of aromatic nitrogens is 4. The van der Waals surface area contributed by atoms with Gasteiger partial charge >= 0.3 is 0 Å². The summed E-state index contributed by atoms with van der Waals surface area (Å²) >= 11 is 0. The van der Waals surface area contributed by atoms with Gasteiger partial charge in [0.2, 0.25) is 0 Å². The number of pyridine rings is 3. The summed E-state index contributed by atoms with van der Waals surface area (Å²) in [6.45, 7) is 0. The lowest BCUT2D eigenvalue weighted by molar-refractivity contribution is 0.631. The van der Waals surface area contributed by atoms with Crippen LogP contribution in [0.2, 0.25) is 0 Å². The van der Waals surface area contributed by atoms with Crippen molar-refractivity contribution >= 4 is 5.65 Å². The predicted molar refractivity (Wildman–Crippen MR) is 107 cm³/mol. The van der Waals surface area contributed by atoms with Gasteiger partial charge in [-0.15, -0.1) is 0 Å². The molecule has 0 radical (unpaired) electrons. The summed E-state index contributed by atoms with van der Waals surface area (Å²) in [6, 6.07) is 18.4. The first-order valence-corrected chi connectivity index (χ1v) is 8.88. The minimum absolute atomic E-state index is 0.286. The van der Waals surface area contributed by atoms with Crippen molar-refractivity contribution in [2.45, 2.75) is 0 Å². The number of rotatable bonds is 3. The van der Waals surface area contributed by atoms with Crippen LogP contribution < -0.4 is 0 Å². The molecule has 0 aliphatic heterocycles. The van der Waals surface area contributed by atoms with Crippen molar-refractivity contribution in [1.82, 2.24) is 19.4 Å². The number of halogens is 1.